The smallest absolute Gasteiger partial charge is 0.276 e. The van der Waals surface area contributed by atoms with E-state index >= 15 is 0 Å². The first kappa shape index (κ1) is 21.8. The number of aromatic nitrogens is 3. The molecule has 162 valence electrons. The minimum atomic E-state index is -0.312. The fourth-order valence-corrected chi connectivity index (χ4v) is 3.53. The molecular weight excluding hydrogens is 384 g/mol. The summed E-state index contributed by atoms with van der Waals surface area (Å²) in [6.07, 6.45) is 5.06. The van der Waals surface area contributed by atoms with Crippen molar-refractivity contribution < 1.29 is 14.4 Å². The fraction of sp³-hybridized carbons (Fsp3) is 0.524. The van der Waals surface area contributed by atoms with E-state index in [-0.39, 0.29) is 5.91 Å². The van der Waals surface area contributed by atoms with E-state index in [1.54, 1.807) is 18.3 Å². The molecule has 0 aromatic carbocycles. The molecule has 1 aliphatic rings. The Labute approximate surface area is 176 Å². The van der Waals surface area contributed by atoms with Crippen LogP contribution in [0, 0.1) is 0 Å². The Bertz CT molecular complexity index is 858. The van der Waals surface area contributed by atoms with Gasteiger partial charge in [-0.1, -0.05) is 19.0 Å². The zero-order valence-corrected chi connectivity index (χ0v) is 17.9. The van der Waals surface area contributed by atoms with E-state index in [4.69, 9.17) is 9.57 Å². The van der Waals surface area contributed by atoms with Crippen molar-refractivity contribution in [3.63, 3.8) is 0 Å². The third-order valence-electron chi connectivity index (χ3n) is 5.14. The number of ether oxygens (including phenoxy) is 1. The van der Waals surface area contributed by atoms with Gasteiger partial charge >= 0.3 is 0 Å². The van der Waals surface area contributed by atoms with Crippen molar-refractivity contribution in [2.24, 2.45) is 5.16 Å². The quantitative estimate of drug-likeness (QED) is 0.458. The molecule has 0 spiro atoms. The van der Waals surface area contributed by atoms with Gasteiger partial charge in [-0.15, -0.1) is 0 Å². The molecule has 2 N–H and O–H groups in total. The molecule has 1 amide bonds. The lowest BCUT2D eigenvalue weighted by molar-refractivity contribution is 0.102. The van der Waals surface area contributed by atoms with Crippen LogP contribution >= 0.6 is 0 Å². The zero-order chi connectivity index (χ0) is 21.3. The highest BCUT2D eigenvalue weighted by atomic mass is 16.6. The molecule has 0 saturated heterocycles. The number of hydrogen-bond donors (Lipinski definition) is 2. The number of pyridine rings is 1. The number of carbonyl (C=O) groups excluding carboxylic acids is 1. The summed E-state index contributed by atoms with van der Waals surface area (Å²) in [5.41, 5.74) is 3.28. The molecule has 2 heterocycles. The van der Waals surface area contributed by atoms with Gasteiger partial charge in [-0.3, -0.25) is 9.89 Å². The maximum atomic E-state index is 12.8. The van der Waals surface area contributed by atoms with E-state index < -0.39 is 0 Å². The van der Waals surface area contributed by atoms with E-state index in [1.807, 2.05) is 0 Å². The van der Waals surface area contributed by atoms with Crippen molar-refractivity contribution in [3.05, 3.63) is 35.3 Å². The van der Waals surface area contributed by atoms with Crippen LogP contribution in [-0.2, 0) is 11.3 Å². The van der Waals surface area contributed by atoms with E-state index in [0.717, 1.165) is 62.3 Å². The van der Waals surface area contributed by atoms with Crippen LogP contribution in [0.4, 0.5) is 5.69 Å². The monoisotopic (exact) mass is 414 g/mol. The van der Waals surface area contributed by atoms with Crippen LogP contribution < -0.4 is 10.1 Å². The summed E-state index contributed by atoms with van der Waals surface area (Å²) in [6, 6.07) is 3.53. The summed E-state index contributed by atoms with van der Waals surface area (Å²) in [5, 5.41) is 14.0. The summed E-state index contributed by atoms with van der Waals surface area (Å²) in [4.78, 5) is 24.3. The number of amides is 1. The van der Waals surface area contributed by atoms with Crippen LogP contribution in [0.15, 0.2) is 23.5 Å². The number of rotatable bonds is 10. The van der Waals surface area contributed by atoms with Gasteiger partial charge < -0.3 is 19.8 Å². The maximum Gasteiger partial charge on any atom is 0.276 e. The number of oxime groups is 1. The molecule has 0 unspecified atom stereocenters. The number of anilines is 1. The van der Waals surface area contributed by atoms with Gasteiger partial charge in [-0.25, -0.2) is 4.98 Å². The van der Waals surface area contributed by atoms with E-state index in [1.165, 1.54) is 7.11 Å². The lowest BCUT2D eigenvalue weighted by Crippen LogP contribution is -2.25. The van der Waals surface area contributed by atoms with Crippen LogP contribution in [0.5, 0.6) is 5.88 Å². The number of aryl methyl sites for hydroxylation is 1. The van der Waals surface area contributed by atoms with E-state index in [0.29, 0.717) is 23.9 Å². The standard InChI is InChI=1S/C21H30N6O3/c1-4-27(5-2)12-7-13-30-18-11-10-15(14-22-18)23-21(28)20-19-16(24-25-20)8-6-9-17(19)26-29-3/h10-11,14H,4-9,12-13H2,1-3H3,(H,23,28)(H,24,25). The van der Waals surface area contributed by atoms with Gasteiger partial charge in [0.05, 0.1) is 29.8 Å². The Kier molecular flexibility index (Phi) is 7.78. The largest absolute Gasteiger partial charge is 0.478 e. The molecule has 0 bridgehead atoms. The molecule has 9 nitrogen and oxygen atoms in total. The van der Waals surface area contributed by atoms with Crippen LogP contribution in [0.2, 0.25) is 0 Å². The summed E-state index contributed by atoms with van der Waals surface area (Å²) >= 11 is 0. The third kappa shape index (κ3) is 5.35. The molecule has 0 saturated carbocycles. The normalized spacial score (nSPS) is 14.6. The molecule has 9 heteroatoms. The first-order valence-corrected chi connectivity index (χ1v) is 10.5. The fourth-order valence-electron chi connectivity index (χ4n) is 3.53. The van der Waals surface area contributed by atoms with Gasteiger partial charge in [-0.2, -0.15) is 5.10 Å². The van der Waals surface area contributed by atoms with Crippen LogP contribution in [-0.4, -0.2) is 65.1 Å². The van der Waals surface area contributed by atoms with Crippen molar-refractivity contribution in [1.82, 2.24) is 20.1 Å². The number of hydrogen-bond acceptors (Lipinski definition) is 7. The number of fused-ring (bicyclic) bond motifs is 1. The lowest BCUT2D eigenvalue weighted by Gasteiger charge is -2.17. The molecule has 30 heavy (non-hydrogen) atoms. The maximum absolute atomic E-state index is 12.8. The second-order valence-corrected chi connectivity index (χ2v) is 7.07. The number of aromatic amines is 1. The predicted octanol–water partition coefficient (Wildman–Crippen LogP) is 2.85. The molecule has 0 fully saturated rings. The highest BCUT2D eigenvalue weighted by Gasteiger charge is 2.27. The summed E-state index contributed by atoms with van der Waals surface area (Å²) in [7, 11) is 1.50. The third-order valence-corrected chi connectivity index (χ3v) is 5.14. The van der Waals surface area contributed by atoms with Gasteiger partial charge in [0.15, 0.2) is 5.69 Å². The number of nitrogens with one attached hydrogen (secondary N) is 2. The predicted molar refractivity (Wildman–Crippen MR) is 115 cm³/mol. The lowest BCUT2D eigenvalue weighted by atomic mass is 9.93. The van der Waals surface area contributed by atoms with Crippen LogP contribution in [0.25, 0.3) is 0 Å². The van der Waals surface area contributed by atoms with Crippen LogP contribution in [0.1, 0.15) is 54.9 Å². The van der Waals surface area contributed by atoms with Crippen molar-refractivity contribution in [3.8, 4) is 5.88 Å². The SMILES string of the molecule is CCN(CC)CCCOc1ccc(NC(=O)c2n[nH]c3c2C(=NOC)CCC3)cn1. The second-order valence-electron chi connectivity index (χ2n) is 7.07. The van der Waals surface area contributed by atoms with Crippen molar-refractivity contribution in [1.29, 1.82) is 0 Å². The first-order valence-electron chi connectivity index (χ1n) is 10.5. The Balaban J connectivity index is 1.57. The molecule has 0 aliphatic heterocycles. The highest BCUT2D eigenvalue weighted by Crippen LogP contribution is 2.24. The molecule has 2 aromatic heterocycles. The number of carbonyl (C=O) groups is 1. The van der Waals surface area contributed by atoms with Gasteiger partial charge in [0.2, 0.25) is 5.88 Å². The van der Waals surface area contributed by atoms with Gasteiger partial charge in [0.25, 0.3) is 5.91 Å². The van der Waals surface area contributed by atoms with E-state index in [9.17, 15) is 4.79 Å². The Hall–Kier alpha value is -2.94. The Morgan fingerprint density at radius 3 is 2.83 bits per heavy atom. The average Bonchev–Trinajstić information content (AvgIpc) is 3.21. The average molecular weight is 415 g/mol. The number of H-pyrrole nitrogens is 1. The highest BCUT2D eigenvalue weighted by molar-refractivity contribution is 6.13. The topological polar surface area (TPSA) is 105 Å². The molecule has 0 radical (unpaired) electrons. The van der Waals surface area contributed by atoms with Gasteiger partial charge in [-0.05, 0) is 44.8 Å². The molecule has 2 aromatic rings. The Morgan fingerprint density at radius 1 is 1.30 bits per heavy atom. The molecular formula is C21H30N6O3. The van der Waals surface area contributed by atoms with Crippen molar-refractivity contribution in [2.45, 2.75) is 39.5 Å². The zero-order valence-electron chi connectivity index (χ0n) is 17.9. The van der Waals surface area contributed by atoms with Gasteiger partial charge in [0.1, 0.15) is 7.11 Å². The first-order chi connectivity index (χ1) is 14.7. The second kappa shape index (κ2) is 10.7. The van der Waals surface area contributed by atoms with Crippen molar-refractivity contribution >= 4 is 17.3 Å². The summed E-state index contributed by atoms with van der Waals surface area (Å²) < 4.78 is 5.70. The van der Waals surface area contributed by atoms with Crippen molar-refractivity contribution in [2.75, 3.05) is 38.7 Å². The van der Waals surface area contributed by atoms with E-state index in [2.05, 4.69) is 44.4 Å². The summed E-state index contributed by atoms with van der Waals surface area (Å²) in [6.45, 7) is 8.01. The summed E-state index contributed by atoms with van der Waals surface area (Å²) in [5.74, 6) is 0.229. The Morgan fingerprint density at radius 2 is 2.13 bits per heavy atom. The van der Waals surface area contributed by atoms with Gasteiger partial charge in [0, 0.05) is 18.3 Å². The molecule has 0 atom stereocenters. The molecule has 3 rings (SSSR count). The minimum absolute atomic E-state index is 0.312. The molecule has 1 aliphatic carbocycles. The van der Waals surface area contributed by atoms with Crippen LogP contribution in [0.3, 0.4) is 0 Å². The minimum Gasteiger partial charge on any atom is -0.478 e. The number of nitrogens with zero attached hydrogens (tertiary/aromatic N) is 4.